The van der Waals surface area contributed by atoms with Gasteiger partial charge < -0.3 is 9.32 Å². The monoisotopic (exact) mass is 581 g/mol. The first-order valence-corrected chi connectivity index (χ1v) is 16.4. The second-order valence-electron chi connectivity index (χ2n) is 14.7. The third-order valence-corrected chi connectivity index (χ3v) is 11.1. The van der Waals surface area contributed by atoms with Crippen molar-refractivity contribution in [2.75, 3.05) is 4.90 Å². The molecule has 1 aliphatic carbocycles. The summed E-state index contributed by atoms with van der Waals surface area (Å²) in [5.74, 6) is 0. The summed E-state index contributed by atoms with van der Waals surface area (Å²) in [4.78, 5) is 2.43. The molecule has 7 heteroatoms. The van der Waals surface area contributed by atoms with Crippen LogP contribution in [0.1, 0.15) is 51.7 Å². The van der Waals surface area contributed by atoms with Gasteiger partial charge in [0.25, 0.3) is 0 Å². The Morgan fingerprint density at radius 1 is 0.533 bits per heavy atom. The molecule has 1 heterocycles. The molecule has 0 radical (unpaired) electrons. The fourth-order valence-corrected chi connectivity index (χ4v) is 7.62. The van der Waals surface area contributed by atoms with Gasteiger partial charge in [0.2, 0.25) is 0 Å². The van der Waals surface area contributed by atoms with Crippen LogP contribution in [0.25, 0.3) is 33.1 Å². The van der Waals surface area contributed by atoms with Crippen LogP contribution in [0.3, 0.4) is 0 Å². The summed E-state index contributed by atoms with van der Waals surface area (Å²) in [7, 11) is 11.3. The maximum Gasteiger partial charge on any atom is 0.141 e. The van der Waals surface area contributed by atoms with Gasteiger partial charge in [-0.25, -0.2) is 0 Å². The van der Waals surface area contributed by atoms with Crippen molar-refractivity contribution in [1.29, 1.82) is 0 Å². The molecule has 0 bridgehead atoms. The largest absolute Gasteiger partial charge is 0.456 e. The summed E-state index contributed by atoms with van der Waals surface area (Å²) in [6.45, 7) is 9.55. The lowest BCUT2D eigenvalue weighted by atomic mass is 9.61. The number of furan rings is 1. The topological polar surface area (TPSA) is 16.4 Å². The van der Waals surface area contributed by atoms with Gasteiger partial charge in [-0.1, -0.05) is 92.0 Å². The van der Waals surface area contributed by atoms with E-state index in [1.54, 1.807) is 0 Å². The van der Waals surface area contributed by atoms with Crippen molar-refractivity contribution in [2.24, 2.45) is 0 Å². The Balaban J connectivity index is 1.43. The molecule has 0 atom stereocenters. The van der Waals surface area contributed by atoms with E-state index in [1.165, 1.54) is 78.9 Å². The minimum absolute atomic E-state index is 0.141. The molecule has 0 spiro atoms. The second-order valence-corrected chi connectivity index (χ2v) is 14.7. The maximum absolute atomic E-state index is 6.72. The predicted octanol–water partition coefficient (Wildman–Crippen LogP) is 2.36. The molecule has 0 saturated heterocycles. The quantitative estimate of drug-likeness (QED) is 0.298. The van der Waals surface area contributed by atoms with E-state index in [0.29, 0.717) is 0 Å². The van der Waals surface area contributed by atoms with Crippen LogP contribution in [0.4, 0.5) is 17.1 Å². The first kappa shape index (κ1) is 29.7. The SMILES string of the molecule is Bc1c(B)c(B)c(N(c2ccc(-c3ccccc3)cc2)c2ccc3c(c2)oc2cc4c(cc23)C(C)(C)CCC4(C)C)c(B)c1B. The minimum atomic E-state index is 0.141. The first-order valence-electron chi connectivity index (χ1n) is 16.4. The van der Waals surface area contributed by atoms with Crippen LogP contribution in [0.15, 0.2) is 89.3 Å². The van der Waals surface area contributed by atoms with E-state index in [-0.39, 0.29) is 10.8 Å². The highest BCUT2D eigenvalue weighted by Gasteiger charge is 2.37. The van der Waals surface area contributed by atoms with Gasteiger partial charge in [-0.2, -0.15) is 0 Å². The maximum atomic E-state index is 6.72. The first-order chi connectivity index (χ1) is 21.4. The molecular formula is C38H40B5NO. The summed E-state index contributed by atoms with van der Waals surface area (Å²) in [5, 5.41) is 2.40. The van der Waals surface area contributed by atoms with Crippen LogP contribution in [0.2, 0.25) is 0 Å². The molecule has 2 nitrogen and oxygen atoms in total. The van der Waals surface area contributed by atoms with Crippen molar-refractivity contribution in [3.05, 3.63) is 96.1 Å². The number of nitrogens with zero attached hydrogens (tertiary/aromatic N) is 1. The molecule has 6 aromatic rings. The van der Waals surface area contributed by atoms with Crippen molar-refractivity contribution >= 4 is 106 Å². The van der Waals surface area contributed by atoms with Crippen LogP contribution in [-0.2, 0) is 10.8 Å². The molecule has 0 fully saturated rings. The Bertz CT molecular complexity index is 2080. The summed E-state index contributed by atoms with van der Waals surface area (Å²) >= 11 is 0. The van der Waals surface area contributed by atoms with Crippen molar-refractivity contribution < 1.29 is 4.42 Å². The van der Waals surface area contributed by atoms with Gasteiger partial charge in [-0.3, -0.25) is 0 Å². The molecule has 1 aliphatic rings. The van der Waals surface area contributed by atoms with Gasteiger partial charge in [0.1, 0.15) is 50.4 Å². The lowest BCUT2D eigenvalue weighted by Gasteiger charge is -2.41. The summed E-state index contributed by atoms with van der Waals surface area (Å²) in [5.41, 5.74) is 17.7. The Morgan fingerprint density at radius 2 is 1.04 bits per heavy atom. The van der Waals surface area contributed by atoms with Gasteiger partial charge in [-0.15, -0.1) is 5.46 Å². The number of benzene rings is 5. The zero-order chi connectivity index (χ0) is 31.8. The lowest BCUT2D eigenvalue weighted by Crippen LogP contribution is -2.56. The van der Waals surface area contributed by atoms with E-state index in [0.717, 1.165) is 22.5 Å². The van der Waals surface area contributed by atoms with Gasteiger partial charge in [0.15, 0.2) is 0 Å². The van der Waals surface area contributed by atoms with E-state index >= 15 is 0 Å². The Kier molecular flexibility index (Phi) is 6.97. The molecule has 0 N–H and O–H groups in total. The molecule has 0 unspecified atom stereocenters. The Labute approximate surface area is 272 Å². The van der Waals surface area contributed by atoms with E-state index in [9.17, 15) is 0 Å². The van der Waals surface area contributed by atoms with Crippen molar-refractivity contribution in [3.8, 4) is 11.1 Å². The molecule has 1 aromatic heterocycles. The average molecular weight is 581 g/mol. The fourth-order valence-electron chi connectivity index (χ4n) is 7.62. The highest BCUT2D eigenvalue weighted by Crippen LogP contribution is 2.48. The van der Waals surface area contributed by atoms with Gasteiger partial charge in [0, 0.05) is 33.9 Å². The van der Waals surface area contributed by atoms with Crippen LogP contribution in [0.5, 0.6) is 0 Å². The number of rotatable bonds is 4. The van der Waals surface area contributed by atoms with Gasteiger partial charge in [-0.05, 0) is 82.3 Å². The molecule has 7 rings (SSSR count). The van der Waals surface area contributed by atoms with Crippen LogP contribution in [0, 0.1) is 0 Å². The predicted molar refractivity (Wildman–Crippen MR) is 210 cm³/mol. The van der Waals surface area contributed by atoms with E-state index in [1.807, 2.05) is 0 Å². The van der Waals surface area contributed by atoms with E-state index in [4.69, 9.17) is 4.42 Å². The molecular weight excluding hydrogens is 540 g/mol. The van der Waals surface area contributed by atoms with E-state index < -0.39 is 0 Å². The van der Waals surface area contributed by atoms with Gasteiger partial charge >= 0.3 is 0 Å². The normalized spacial score (nSPS) is 15.3. The van der Waals surface area contributed by atoms with Crippen molar-refractivity contribution in [2.45, 2.75) is 51.4 Å². The second kappa shape index (κ2) is 10.5. The molecule has 0 amide bonds. The Morgan fingerprint density at radius 3 is 1.67 bits per heavy atom. The standard InChI is InChI=1S/C38H40B5NO/c1-37(2)16-17-38(3,4)28-20-30-26(19-27(28)37)25-15-14-24(18-29(25)45-30)44(36-34(42)32(40)31(39)33(41)35(36)43)23-12-10-22(11-13-23)21-8-6-5-7-9-21/h5-15,18-20H,16-17,39-43H2,1-4H3. The van der Waals surface area contributed by atoms with Gasteiger partial charge in [0.05, 0.1) is 0 Å². The zero-order valence-electron chi connectivity index (χ0n) is 28.4. The number of fused-ring (bicyclic) bond motifs is 4. The van der Waals surface area contributed by atoms with Crippen molar-refractivity contribution in [1.82, 2.24) is 0 Å². The van der Waals surface area contributed by atoms with Crippen LogP contribution >= 0.6 is 0 Å². The average Bonchev–Trinajstić information content (AvgIpc) is 3.40. The minimum Gasteiger partial charge on any atom is -0.456 e. The third kappa shape index (κ3) is 4.78. The summed E-state index contributed by atoms with van der Waals surface area (Å²) in [6, 6.07) is 31.2. The third-order valence-electron chi connectivity index (χ3n) is 11.1. The lowest BCUT2D eigenvalue weighted by molar-refractivity contribution is 0.332. The molecule has 5 aromatic carbocycles. The fraction of sp³-hybridized carbons (Fsp3) is 0.211. The molecule has 0 saturated carbocycles. The van der Waals surface area contributed by atoms with Crippen LogP contribution < -0.4 is 32.2 Å². The number of anilines is 3. The smallest absolute Gasteiger partial charge is 0.141 e. The molecule has 218 valence electrons. The van der Waals surface area contributed by atoms with E-state index in [2.05, 4.69) is 157 Å². The summed E-state index contributed by atoms with van der Waals surface area (Å²) in [6.07, 6.45) is 2.39. The number of hydrogen-bond acceptors (Lipinski definition) is 2. The Hall–Kier alpha value is -3.98. The highest BCUT2D eigenvalue weighted by molar-refractivity contribution is 6.69. The molecule has 0 aliphatic heterocycles. The summed E-state index contributed by atoms with van der Waals surface area (Å²) < 4.78 is 6.72. The number of hydrogen-bond donors (Lipinski definition) is 0. The van der Waals surface area contributed by atoms with Crippen molar-refractivity contribution in [3.63, 3.8) is 0 Å². The molecule has 45 heavy (non-hydrogen) atoms. The highest BCUT2D eigenvalue weighted by atomic mass is 16.3. The zero-order valence-corrected chi connectivity index (χ0v) is 28.4. The van der Waals surface area contributed by atoms with Crippen LogP contribution in [-0.4, -0.2) is 39.2 Å².